The van der Waals surface area contributed by atoms with Crippen molar-refractivity contribution in [1.29, 1.82) is 0 Å². The molecule has 1 amide bonds. The van der Waals surface area contributed by atoms with Gasteiger partial charge in [0.25, 0.3) is 5.91 Å². The SMILES string of the molecule is Cc1ccc(N2CCN(S(=O)(=O)c3ccc(F)c(C(=O)Nc4ccc(Cl)cc4Cl)c3)C[C@H]2C)cc1. The maximum absolute atomic E-state index is 14.5. The van der Waals surface area contributed by atoms with Crippen molar-refractivity contribution in [3.63, 3.8) is 0 Å². The number of anilines is 2. The molecule has 3 aromatic carbocycles. The van der Waals surface area contributed by atoms with Gasteiger partial charge in [0.2, 0.25) is 10.0 Å². The summed E-state index contributed by atoms with van der Waals surface area (Å²) in [5.74, 6) is -1.66. The van der Waals surface area contributed by atoms with E-state index in [4.69, 9.17) is 23.2 Å². The number of nitrogens with zero attached hydrogens (tertiary/aromatic N) is 2. The fourth-order valence-corrected chi connectivity index (χ4v) is 6.03. The van der Waals surface area contributed by atoms with Gasteiger partial charge in [-0.25, -0.2) is 12.8 Å². The van der Waals surface area contributed by atoms with Crippen molar-refractivity contribution >= 4 is 50.5 Å². The zero-order valence-corrected chi connectivity index (χ0v) is 21.5. The van der Waals surface area contributed by atoms with Crippen LogP contribution < -0.4 is 10.2 Å². The molecule has 6 nitrogen and oxygen atoms in total. The third-order valence-corrected chi connectivity index (χ3v) is 8.36. The molecule has 1 aliphatic heterocycles. The number of rotatable bonds is 5. The molecule has 4 rings (SSSR count). The highest BCUT2D eigenvalue weighted by atomic mass is 35.5. The molecule has 0 bridgehead atoms. The van der Waals surface area contributed by atoms with Crippen LogP contribution in [0.4, 0.5) is 15.8 Å². The second-order valence-corrected chi connectivity index (χ2v) is 11.2. The molecule has 0 aromatic heterocycles. The average molecular weight is 536 g/mol. The van der Waals surface area contributed by atoms with Crippen LogP contribution in [0.1, 0.15) is 22.8 Å². The number of sulfonamides is 1. The van der Waals surface area contributed by atoms with E-state index in [1.807, 2.05) is 38.1 Å². The van der Waals surface area contributed by atoms with E-state index in [0.717, 1.165) is 23.4 Å². The standard InChI is InChI=1S/C25H24Cl2FN3O3S/c1-16-3-6-19(7-4-16)31-12-11-30(15-17(31)2)35(33,34)20-8-9-23(28)21(14-20)25(32)29-24-10-5-18(26)13-22(24)27/h3-10,13-14,17H,11-12,15H2,1-2H3,(H,29,32)/t17-/m1/s1. The summed E-state index contributed by atoms with van der Waals surface area (Å²) in [7, 11) is -3.95. The lowest BCUT2D eigenvalue weighted by Gasteiger charge is -2.40. The van der Waals surface area contributed by atoms with Crippen molar-refractivity contribution in [2.75, 3.05) is 29.9 Å². The van der Waals surface area contributed by atoms with Crippen molar-refractivity contribution in [3.05, 3.63) is 87.7 Å². The minimum Gasteiger partial charge on any atom is -0.366 e. The Morgan fingerprint density at radius 2 is 1.74 bits per heavy atom. The van der Waals surface area contributed by atoms with Gasteiger partial charge in [0.05, 0.1) is 21.2 Å². The van der Waals surface area contributed by atoms with Crippen LogP contribution in [-0.2, 0) is 10.0 Å². The molecule has 1 heterocycles. The van der Waals surface area contributed by atoms with E-state index in [1.54, 1.807) is 0 Å². The molecule has 1 N–H and O–H groups in total. The largest absolute Gasteiger partial charge is 0.366 e. The number of hydrogen-bond donors (Lipinski definition) is 1. The summed E-state index contributed by atoms with van der Waals surface area (Å²) in [6, 6.07) is 15.7. The summed E-state index contributed by atoms with van der Waals surface area (Å²) in [6.45, 7) is 5.00. The first-order valence-electron chi connectivity index (χ1n) is 11.0. The van der Waals surface area contributed by atoms with Gasteiger partial charge in [-0.3, -0.25) is 4.79 Å². The van der Waals surface area contributed by atoms with E-state index in [9.17, 15) is 17.6 Å². The Bertz CT molecular complexity index is 1370. The molecule has 0 aliphatic carbocycles. The van der Waals surface area contributed by atoms with Gasteiger partial charge in [-0.15, -0.1) is 0 Å². The maximum Gasteiger partial charge on any atom is 0.258 e. The van der Waals surface area contributed by atoms with Crippen LogP contribution in [0.3, 0.4) is 0 Å². The number of carbonyl (C=O) groups is 1. The second-order valence-electron chi connectivity index (χ2n) is 8.46. The Morgan fingerprint density at radius 1 is 1.03 bits per heavy atom. The van der Waals surface area contributed by atoms with Crippen LogP contribution in [0.15, 0.2) is 65.6 Å². The molecular weight excluding hydrogens is 512 g/mol. The lowest BCUT2D eigenvalue weighted by molar-refractivity contribution is 0.102. The molecule has 35 heavy (non-hydrogen) atoms. The summed E-state index contributed by atoms with van der Waals surface area (Å²) < 4.78 is 42.6. The Kier molecular flexibility index (Phi) is 7.38. The molecule has 0 spiro atoms. The minimum atomic E-state index is -3.95. The van der Waals surface area contributed by atoms with Gasteiger partial charge >= 0.3 is 0 Å². The Morgan fingerprint density at radius 3 is 2.40 bits per heavy atom. The topological polar surface area (TPSA) is 69.7 Å². The molecule has 184 valence electrons. The lowest BCUT2D eigenvalue weighted by Crippen LogP contribution is -2.53. The number of halogens is 3. The van der Waals surface area contributed by atoms with Crippen molar-refractivity contribution in [2.45, 2.75) is 24.8 Å². The van der Waals surface area contributed by atoms with E-state index in [-0.39, 0.29) is 34.7 Å². The van der Waals surface area contributed by atoms with Crippen LogP contribution in [0.5, 0.6) is 0 Å². The average Bonchev–Trinajstić information content (AvgIpc) is 2.81. The Hall–Kier alpha value is -2.65. The quantitative estimate of drug-likeness (QED) is 0.462. The molecule has 3 aromatic rings. The predicted octanol–water partition coefficient (Wildman–Crippen LogP) is 5.59. The highest BCUT2D eigenvalue weighted by Crippen LogP contribution is 2.28. The molecule has 1 fully saturated rings. The van der Waals surface area contributed by atoms with Crippen LogP contribution in [0.25, 0.3) is 0 Å². The monoisotopic (exact) mass is 535 g/mol. The fourth-order valence-electron chi connectivity index (χ4n) is 4.03. The van der Waals surface area contributed by atoms with Crippen molar-refractivity contribution in [1.82, 2.24) is 4.31 Å². The van der Waals surface area contributed by atoms with Gasteiger partial charge in [-0.1, -0.05) is 40.9 Å². The lowest BCUT2D eigenvalue weighted by atomic mass is 10.1. The molecule has 1 atom stereocenters. The minimum absolute atomic E-state index is 0.0727. The van der Waals surface area contributed by atoms with Crippen LogP contribution in [0.2, 0.25) is 10.0 Å². The van der Waals surface area contributed by atoms with Crippen molar-refractivity contribution < 1.29 is 17.6 Å². The van der Waals surface area contributed by atoms with Gasteiger partial charge in [0.15, 0.2) is 0 Å². The van der Waals surface area contributed by atoms with E-state index in [1.165, 1.54) is 28.6 Å². The first-order chi connectivity index (χ1) is 16.6. The Labute approximate surface area is 214 Å². The molecule has 0 radical (unpaired) electrons. The maximum atomic E-state index is 14.5. The summed E-state index contributed by atoms with van der Waals surface area (Å²) in [4.78, 5) is 14.8. The summed E-state index contributed by atoms with van der Waals surface area (Å²) >= 11 is 12.0. The summed E-state index contributed by atoms with van der Waals surface area (Å²) in [5.41, 5.74) is 2.01. The van der Waals surface area contributed by atoms with E-state index >= 15 is 0 Å². The van der Waals surface area contributed by atoms with Crippen LogP contribution in [-0.4, -0.2) is 44.3 Å². The number of aryl methyl sites for hydroxylation is 1. The van der Waals surface area contributed by atoms with Crippen molar-refractivity contribution in [3.8, 4) is 0 Å². The van der Waals surface area contributed by atoms with Gasteiger partial charge in [-0.05, 0) is 62.4 Å². The van der Waals surface area contributed by atoms with Gasteiger partial charge in [0.1, 0.15) is 5.82 Å². The summed E-state index contributed by atoms with van der Waals surface area (Å²) in [5, 5.41) is 3.06. The van der Waals surface area contributed by atoms with E-state index in [0.29, 0.717) is 11.6 Å². The number of nitrogens with one attached hydrogen (secondary N) is 1. The number of amides is 1. The Balaban J connectivity index is 1.54. The third kappa shape index (κ3) is 5.46. The molecule has 0 saturated carbocycles. The van der Waals surface area contributed by atoms with Crippen LogP contribution in [0, 0.1) is 12.7 Å². The molecule has 10 heteroatoms. The smallest absolute Gasteiger partial charge is 0.258 e. The molecule has 1 saturated heterocycles. The summed E-state index contributed by atoms with van der Waals surface area (Å²) in [6.07, 6.45) is 0. The first kappa shape index (κ1) is 25.4. The fraction of sp³-hybridized carbons (Fsp3) is 0.240. The number of hydrogen-bond acceptors (Lipinski definition) is 4. The van der Waals surface area contributed by atoms with E-state index in [2.05, 4.69) is 10.2 Å². The molecule has 0 unspecified atom stereocenters. The van der Waals surface area contributed by atoms with Gasteiger partial charge in [-0.2, -0.15) is 4.31 Å². The molecule has 1 aliphatic rings. The highest BCUT2D eigenvalue weighted by molar-refractivity contribution is 7.89. The highest BCUT2D eigenvalue weighted by Gasteiger charge is 2.33. The van der Waals surface area contributed by atoms with E-state index < -0.39 is 27.3 Å². The predicted molar refractivity (Wildman–Crippen MR) is 138 cm³/mol. The van der Waals surface area contributed by atoms with Gasteiger partial charge in [0, 0.05) is 36.4 Å². The molecular formula is C25H24Cl2FN3O3S. The van der Waals surface area contributed by atoms with Crippen LogP contribution >= 0.6 is 23.2 Å². The third-order valence-electron chi connectivity index (χ3n) is 5.96. The normalized spacial score (nSPS) is 16.8. The number of carbonyl (C=O) groups excluding carboxylic acids is 1. The first-order valence-corrected chi connectivity index (χ1v) is 13.2. The zero-order chi connectivity index (χ0) is 25.3. The zero-order valence-electron chi connectivity index (χ0n) is 19.1. The second kappa shape index (κ2) is 10.1. The van der Waals surface area contributed by atoms with Gasteiger partial charge < -0.3 is 10.2 Å². The number of piperazine rings is 1. The number of benzene rings is 3. The van der Waals surface area contributed by atoms with Crippen molar-refractivity contribution in [2.24, 2.45) is 0 Å².